The Morgan fingerprint density at radius 2 is 1.87 bits per heavy atom. The van der Waals surface area contributed by atoms with Gasteiger partial charge in [0.2, 0.25) is 0 Å². The second-order valence-electron chi connectivity index (χ2n) is 2.90. The number of amides is 1. The molecule has 0 bridgehead atoms. The number of anilines is 1. The fraction of sp³-hybridized carbons (Fsp3) is 0. The number of hydrogen-bond acceptors (Lipinski definition) is 3. The molecule has 0 aromatic carbocycles. The Bertz CT molecular complexity index is 442. The summed E-state index contributed by atoms with van der Waals surface area (Å²) in [5.74, 6) is 0.357. The van der Waals surface area contributed by atoms with Crippen molar-refractivity contribution >= 4 is 11.7 Å². The smallest absolute Gasteiger partial charge is 0.256 e. The third-order valence-corrected chi connectivity index (χ3v) is 1.85. The molecule has 0 aliphatic rings. The SMILES string of the molecule is O=C(Nc1ccccn1)c1ccncc1. The first-order chi connectivity index (χ1) is 7.36. The second-order valence-corrected chi connectivity index (χ2v) is 2.90. The molecule has 2 aromatic rings. The molecular formula is C11H9N3O. The van der Waals surface area contributed by atoms with Crippen molar-refractivity contribution in [2.45, 2.75) is 0 Å². The van der Waals surface area contributed by atoms with Gasteiger partial charge in [-0.15, -0.1) is 0 Å². The van der Waals surface area contributed by atoms with Crippen LogP contribution in [-0.4, -0.2) is 15.9 Å². The van der Waals surface area contributed by atoms with E-state index >= 15 is 0 Å². The van der Waals surface area contributed by atoms with Crippen molar-refractivity contribution < 1.29 is 4.79 Å². The number of aromatic nitrogens is 2. The molecule has 2 aromatic heterocycles. The van der Waals surface area contributed by atoms with Gasteiger partial charge in [-0.05, 0) is 24.3 Å². The quantitative estimate of drug-likeness (QED) is 0.801. The zero-order valence-electron chi connectivity index (χ0n) is 7.92. The number of carbonyl (C=O) groups excluding carboxylic acids is 1. The lowest BCUT2D eigenvalue weighted by atomic mass is 10.2. The number of carbonyl (C=O) groups is 1. The number of rotatable bonds is 2. The van der Waals surface area contributed by atoms with Gasteiger partial charge in [0.1, 0.15) is 5.82 Å². The van der Waals surface area contributed by atoms with Gasteiger partial charge in [-0.25, -0.2) is 4.98 Å². The first-order valence-corrected chi connectivity index (χ1v) is 4.49. The molecule has 0 atom stereocenters. The molecule has 0 saturated carbocycles. The minimum Gasteiger partial charge on any atom is -0.307 e. The van der Waals surface area contributed by atoms with E-state index in [0.717, 1.165) is 0 Å². The average Bonchev–Trinajstić information content (AvgIpc) is 2.31. The van der Waals surface area contributed by atoms with E-state index in [2.05, 4.69) is 15.3 Å². The highest BCUT2D eigenvalue weighted by molar-refractivity contribution is 6.03. The minimum atomic E-state index is -0.184. The fourth-order valence-corrected chi connectivity index (χ4v) is 1.13. The topological polar surface area (TPSA) is 54.9 Å². The molecule has 2 rings (SSSR count). The maximum absolute atomic E-state index is 11.6. The van der Waals surface area contributed by atoms with Gasteiger partial charge in [0.25, 0.3) is 5.91 Å². The summed E-state index contributed by atoms with van der Waals surface area (Å²) in [4.78, 5) is 19.5. The van der Waals surface area contributed by atoms with E-state index in [1.54, 1.807) is 42.9 Å². The molecular weight excluding hydrogens is 190 g/mol. The summed E-state index contributed by atoms with van der Waals surface area (Å²) in [6.07, 6.45) is 4.78. The Morgan fingerprint density at radius 1 is 1.07 bits per heavy atom. The zero-order chi connectivity index (χ0) is 10.5. The van der Waals surface area contributed by atoms with Crippen molar-refractivity contribution in [2.75, 3.05) is 5.32 Å². The van der Waals surface area contributed by atoms with E-state index in [0.29, 0.717) is 11.4 Å². The predicted octanol–water partition coefficient (Wildman–Crippen LogP) is 1.73. The standard InChI is InChI=1S/C11H9N3O/c15-11(9-4-7-12-8-5-9)14-10-3-1-2-6-13-10/h1-8H,(H,13,14,15). The van der Waals surface area contributed by atoms with E-state index in [1.807, 2.05) is 6.07 Å². The van der Waals surface area contributed by atoms with Crippen LogP contribution in [0.2, 0.25) is 0 Å². The van der Waals surface area contributed by atoms with Crippen molar-refractivity contribution in [3.8, 4) is 0 Å². The van der Waals surface area contributed by atoms with Crippen LogP contribution in [0, 0.1) is 0 Å². The predicted molar refractivity (Wildman–Crippen MR) is 56.4 cm³/mol. The fourth-order valence-electron chi connectivity index (χ4n) is 1.13. The molecule has 4 nitrogen and oxygen atoms in total. The lowest BCUT2D eigenvalue weighted by molar-refractivity contribution is 0.102. The summed E-state index contributed by atoms with van der Waals surface area (Å²) in [6, 6.07) is 8.65. The van der Waals surface area contributed by atoms with Gasteiger partial charge < -0.3 is 5.32 Å². The van der Waals surface area contributed by atoms with Crippen molar-refractivity contribution in [1.82, 2.24) is 9.97 Å². The Morgan fingerprint density at radius 3 is 2.53 bits per heavy atom. The van der Waals surface area contributed by atoms with Crippen LogP contribution < -0.4 is 5.32 Å². The van der Waals surface area contributed by atoms with Crippen LogP contribution in [0.15, 0.2) is 48.9 Å². The van der Waals surface area contributed by atoms with Crippen LogP contribution in [0.3, 0.4) is 0 Å². The van der Waals surface area contributed by atoms with Crippen LogP contribution in [0.25, 0.3) is 0 Å². The molecule has 0 unspecified atom stereocenters. The first kappa shape index (κ1) is 9.33. The van der Waals surface area contributed by atoms with Gasteiger partial charge in [0, 0.05) is 24.2 Å². The number of nitrogens with zero attached hydrogens (tertiary/aromatic N) is 2. The van der Waals surface area contributed by atoms with Crippen LogP contribution >= 0.6 is 0 Å². The molecule has 0 saturated heterocycles. The van der Waals surface area contributed by atoms with Gasteiger partial charge in [0.05, 0.1) is 0 Å². The van der Waals surface area contributed by atoms with Crippen LogP contribution in [0.4, 0.5) is 5.82 Å². The molecule has 0 radical (unpaired) electrons. The summed E-state index contributed by atoms with van der Waals surface area (Å²) in [7, 11) is 0. The van der Waals surface area contributed by atoms with Crippen molar-refractivity contribution in [3.05, 3.63) is 54.5 Å². The largest absolute Gasteiger partial charge is 0.307 e. The Hall–Kier alpha value is -2.23. The van der Waals surface area contributed by atoms with Crippen LogP contribution in [-0.2, 0) is 0 Å². The molecule has 1 N–H and O–H groups in total. The molecule has 74 valence electrons. The van der Waals surface area contributed by atoms with Crippen LogP contribution in [0.1, 0.15) is 10.4 Å². The first-order valence-electron chi connectivity index (χ1n) is 4.49. The van der Waals surface area contributed by atoms with E-state index in [-0.39, 0.29) is 5.91 Å². The highest BCUT2D eigenvalue weighted by Crippen LogP contribution is 2.04. The third kappa shape index (κ3) is 2.37. The average molecular weight is 199 g/mol. The summed E-state index contributed by atoms with van der Waals surface area (Å²) in [6.45, 7) is 0. The van der Waals surface area contributed by atoms with Crippen molar-refractivity contribution in [2.24, 2.45) is 0 Å². The van der Waals surface area contributed by atoms with E-state index < -0.39 is 0 Å². The normalized spacial score (nSPS) is 9.60. The van der Waals surface area contributed by atoms with Gasteiger partial charge >= 0.3 is 0 Å². The maximum Gasteiger partial charge on any atom is 0.256 e. The summed E-state index contributed by atoms with van der Waals surface area (Å²) < 4.78 is 0. The molecule has 0 aliphatic heterocycles. The summed E-state index contributed by atoms with van der Waals surface area (Å²) in [5, 5.41) is 2.68. The molecule has 1 amide bonds. The number of hydrogen-bond donors (Lipinski definition) is 1. The summed E-state index contributed by atoms with van der Waals surface area (Å²) in [5.41, 5.74) is 0.565. The maximum atomic E-state index is 11.6. The Kier molecular flexibility index (Phi) is 2.69. The van der Waals surface area contributed by atoms with Crippen molar-refractivity contribution in [3.63, 3.8) is 0 Å². The number of pyridine rings is 2. The molecule has 0 aliphatic carbocycles. The molecule has 0 spiro atoms. The van der Waals surface area contributed by atoms with Crippen molar-refractivity contribution in [1.29, 1.82) is 0 Å². The van der Waals surface area contributed by atoms with Gasteiger partial charge in [0.15, 0.2) is 0 Å². The lowest BCUT2D eigenvalue weighted by Crippen LogP contribution is -2.12. The van der Waals surface area contributed by atoms with Gasteiger partial charge in [-0.1, -0.05) is 6.07 Å². The Labute approximate surface area is 87.0 Å². The molecule has 4 heteroatoms. The second kappa shape index (κ2) is 4.32. The highest BCUT2D eigenvalue weighted by atomic mass is 16.1. The summed E-state index contributed by atoms with van der Waals surface area (Å²) >= 11 is 0. The third-order valence-electron chi connectivity index (χ3n) is 1.85. The lowest BCUT2D eigenvalue weighted by Gasteiger charge is -2.02. The minimum absolute atomic E-state index is 0.184. The molecule has 0 fully saturated rings. The van der Waals surface area contributed by atoms with E-state index in [1.165, 1.54) is 0 Å². The van der Waals surface area contributed by atoms with Gasteiger partial charge in [-0.3, -0.25) is 9.78 Å². The monoisotopic (exact) mass is 199 g/mol. The van der Waals surface area contributed by atoms with Crippen LogP contribution in [0.5, 0.6) is 0 Å². The zero-order valence-corrected chi connectivity index (χ0v) is 7.92. The highest BCUT2D eigenvalue weighted by Gasteiger charge is 2.04. The van der Waals surface area contributed by atoms with E-state index in [4.69, 9.17) is 0 Å². The molecule has 15 heavy (non-hydrogen) atoms. The molecule has 2 heterocycles. The van der Waals surface area contributed by atoms with E-state index in [9.17, 15) is 4.79 Å². The van der Waals surface area contributed by atoms with Gasteiger partial charge in [-0.2, -0.15) is 0 Å². The number of nitrogens with one attached hydrogen (secondary N) is 1. The Balaban J connectivity index is 2.12.